The van der Waals surface area contributed by atoms with Crippen LogP contribution in [0.5, 0.6) is 0 Å². The highest BCUT2D eigenvalue weighted by molar-refractivity contribution is 5.85. The SMILES string of the molecule is CCCCCCCCOC(=O)Nc1cccc([N+](=O)[O-])c1. The molecule has 0 spiro atoms. The number of rotatable bonds is 9. The maximum absolute atomic E-state index is 11.5. The second-order valence-electron chi connectivity index (χ2n) is 4.84. The Bertz CT molecular complexity index is 463. The van der Waals surface area contributed by atoms with Crippen LogP contribution in [-0.4, -0.2) is 17.6 Å². The number of nitro benzene ring substituents is 1. The van der Waals surface area contributed by atoms with E-state index in [1.165, 1.54) is 37.5 Å². The van der Waals surface area contributed by atoms with Crippen molar-refractivity contribution in [1.82, 2.24) is 0 Å². The first-order valence-electron chi connectivity index (χ1n) is 7.31. The second-order valence-corrected chi connectivity index (χ2v) is 4.84. The van der Waals surface area contributed by atoms with Crippen LogP contribution in [0, 0.1) is 10.1 Å². The molecule has 1 aromatic rings. The fraction of sp³-hybridized carbons (Fsp3) is 0.533. The molecule has 6 heteroatoms. The molecule has 0 saturated heterocycles. The standard InChI is InChI=1S/C15H22N2O4/c1-2-3-4-5-6-7-11-21-15(18)16-13-9-8-10-14(12-13)17(19)20/h8-10,12H,2-7,11H2,1H3,(H,16,18). The molecule has 0 radical (unpaired) electrons. The number of anilines is 1. The molecular weight excluding hydrogens is 272 g/mol. The van der Waals surface area contributed by atoms with Crippen LogP contribution in [0.2, 0.25) is 0 Å². The smallest absolute Gasteiger partial charge is 0.411 e. The maximum Gasteiger partial charge on any atom is 0.411 e. The Kier molecular flexibility index (Phi) is 7.86. The zero-order valence-corrected chi connectivity index (χ0v) is 12.3. The molecule has 0 bridgehead atoms. The van der Waals surface area contributed by atoms with Gasteiger partial charge in [-0.05, 0) is 12.5 Å². The topological polar surface area (TPSA) is 81.5 Å². The lowest BCUT2D eigenvalue weighted by atomic mass is 10.1. The van der Waals surface area contributed by atoms with Gasteiger partial charge in [0.1, 0.15) is 0 Å². The Labute approximate surface area is 124 Å². The van der Waals surface area contributed by atoms with E-state index in [4.69, 9.17) is 4.74 Å². The largest absolute Gasteiger partial charge is 0.449 e. The first-order valence-corrected chi connectivity index (χ1v) is 7.31. The molecule has 0 heterocycles. The van der Waals surface area contributed by atoms with Gasteiger partial charge < -0.3 is 4.74 Å². The first-order chi connectivity index (χ1) is 10.1. The van der Waals surface area contributed by atoms with Crippen molar-refractivity contribution in [3.8, 4) is 0 Å². The lowest BCUT2D eigenvalue weighted by molar-refractivity contribution is -0.384. The summed E-state index contributed by atoms with van der Waals surface area (Å²) in [6, 6.07) is 5.76. The van der Waals surface area contributed by atoms with E-state index in [-0.39, 0.29) is 5.69 Å². The molecule has 0 aliphatic heterocycles. The predicted molar refractivity (Wildman–Crippen MR) is 81.4 cm³/mol. The molecule has 116 valence electrons. The Hall–Kier alpha value is -2.11. The van der Waals surface area contributed by atoms with Gasteiger partial charge in [-0.1, -0.05) is 45.1 Å². The summed E-state index contributed by atoms with van der Waals surface area (Å²) in [5, 5.41) is 13.1. The zero-order chi connectivity index (χ0) is 15.5. The van der Waals surface area contributed by atoms with Crippen molar-refractivity contribution in [3.63, 3.8) is 0 Å². The molecule has 1 N–H and O–H groups in total. The number of ether oxygens (including phenoxy) is 1. The van der Waals surface area contributed by atoms with Crippen molar-refractivity contribution in [2.24, 2.45) is 0 Å². The summed E-state index contributed by atoms with van der Waals surface area (Å²) in [6.07, 6.45) is 6.14. The van der Waals surface area contributed by atoms with Crippen LogP contribution in [0.3, 0.4) is 0 Å². The number of nitro groups is 1. The molecule has 1 amide bonds. The summed E-state index contributed by atoms with van der Waals surface area (Å²) in [4.78, 5) is 21.6. The van der Waals surface area contributed by atoms with Gasteiger partial charge in [-0.25, -0.2) is 4.79 Å². The number of carbonyl (C=O) groups is 1. The molecule has 0 unspecified atom stereocenters. The molecule has 0 aliphatic rings. The van der Waals surface area contributed by atoms with Gasteiger partial charge in [-0.15, -0.1) is 0 Å². The minimum Gasteiger partial charge on any atom is -0.449 e. The monoisotopic (exact) mass is 294 g/mol. The summed E-state index contributed by atoms with van der Waals surface area (Å²) in [5.41, 5.74) is 0.292. The Morgan fingerprint density at radius 1 is 1.24 bits per heavy atom. The third-order valence-electron chi connectivity index (χ3n) is 3.03. The average molecular weight is 294 g/mol. The van der Waals surface area contributed by atoms with Crippen molar-refractivity contribution in [3.05, 3.63) is 34.4 Å². The van der Waals surface area contributed by atoms with Crippen LogP contribution in [0.1, 0.15) is 45.4 Å². The number of non-ortho nitro benzene ring substituents is 1. The van der Waals surface area contributed by atoms with Gasteiger partial charge in [0.2, 0.25) is 0 Å². The summed E-state index contributed by atoms with van der Waals surface area (Å²) >= 11 is 0. The van der Waals surface area contributed by atoms with E-state index in [9.17, 15) is 14.9 Å². The lowest BCUT2D eigenvalue weighted by Crippen LogP contribution is -2.14. The molecule has 1 rings (SSSR count). The van der Waals surface area contributed by atoms with Gasteiger partial charge in [-0.2, -0.15) is 0 Å². The zero-order valence-electron chi connectivity index (χ0n) is 12.3. The fourth-order valence-corrected chi connectivity index (χ4v) is 1.90. The molecule has 21 heavy (non-hydrogen) atoms. The predicted octanol–water partition coefficient (Wildman–Crippen LogP) is 4.50. The van der Waals surface area contributed by atoms with Crippen molar-refractivity contribution in [2.45, 2.75) is 45.4 Å². The quantitative estimate of drug-likeness (QED) is 0.413. The first kappa shape index (κ1) is 16.9. The van der Waals surface area contributed by atoms with Crippen LogP contribution in [-0.2, 0) is 4.74 Å². The third kappa shape index (κ3) is 7.29. The molecular formula is C15H22N2O4. The Morgan fingerprint density at radius 3 is 2.67 bits per heavy atom. The number of nitrogens with one attached hydrogen (secondary N) is 1. The van der Waals surface area contributed by atoms with Crippen LogP contribution >= 0.6 is 0 Å². The van der Waals surface area contributed by atoms with Crippen LogP contribution in [0.4, 0.5) is 16.2 Å². The molecule has 1 aromatic carbocycles. The van der Waals surface area contributed by atoms with E-state index in [1.54, 1.807) is 6.07 Å². The highest BCUT2D eigenvalue weighted by atomic mass is 16.6. The van der Waals surface area contributed by atoms with E-state index in [0.29, 0.717) is 12.3 Å². The number of benzene rings is 1. The number of hydrogen-bond acceptors (Lipinski definition) is 4. The number of unbranched alkanes of at least 4 members (excludes halogenated alkanes) is 5. The number of nitrogens with zero attached hydrogens (tertiary/aromatic N) is 1. The average Bonchev–Trinajstić information content (AvgIpc) is 2.46. The van der Waals surface area contributed by atoms with E-state index < -0.39 is 11.0 Å². The van der Waals surface area contributed by atoms with Gasteiger partial charge in [0.15, 0.2) is 0 Å². The Morgan fingerprint density at radius 2 is 1.95 bits per heavy atom. The van der Waals surface area contributed by atoms with E-state index in [2.05, 4.69) is 12.2 Å². The molecule has 6 nitrogen and oxygen atoms in total. The fourth-order valence-electron chi connectivity index (χ4n) is 1.90. The number of carbonyl (C=O) groups excluding carboxylic acids is 1. The van der Waals surface area contributed by atoms with Gasteiger partial charge in [0.25, 0.3) is 5.69 Å². The molecule has 0 fully saturated rings. The summed E-state index contributed by atoms with van der Waals surface area (Å²) in [7, 11) is 0. The maximum atomic E-state index is 11.5. The normalized spacial score (nSPS) is 10.1. The van der Waals surface area contributed by atoms with E-state index in [0.717, 1.165) is 19.3 Å². The third-order valence-corrected chi connectivity index (χ3v) is 3.03. The molecule has 0 atom stereocenters. The second kappa shape index (κ2) is 9.74. The summed E-state index contributed by atoms with van der Waals surface area (Å²) in [6.45, 7) is 2.54. The van der Waals surface area contributed by atoms with Crippen molar-refractivity contribution < 1.29 is 14.5 Å². The van der Waals surface area contributed by atoms with Crippen LogP contribution < -0.4 is 5.32 Å². The van der Waals surface area contributed by atoms with E-state index in [1.807, 2.05) is 0 Å². The summed E-state index contributed by atoms with van der Waals surface area (Å²) in [5.74, 6) is 0. The highest BCUT2D eigenvalue weighted by Gasteiger charge is 2.08. The van der Waals surface area contributed by atoms with Gasteiger partial charge in [0, 0.05) is 12.1 Å². The van der Waals surface area contributed by atoms with E-state index >= 15 is 0 Å². The minimum absolute atomic E-state index is 0.0660. The van der Waals surface area contributed by atoms with Gasteiger partial charge in [-0.3, -0.25) is 15.4 Å². The van der Waals surface area contributed by atoms with Gasteiger partial charge in [0.05, 0.1) is 17.2 Å². The summed E-state index contributed by atoms with van der Waals surface area (Å²) < 4.78 is 5.03. The molecule has 0 saturated carbocycles. The van der Waals surface area contributed by atoms with Crippen molar-refractivity contribution in [2.75, 3.05) is 11.9 Å². The van der Waals surface area contributed by atoms with Crippen LogP contribution in [0.25, 0.3) is 0 Å². The molecule has 0 aromatic heterocycles. The number of hydrogen-bond donors (Lipinski definition) is 1. The molecule has 0 aliphatic carbocycles. The number of amides is 1. The van der Waals surface area contributed by atoms with Crippen molar-refractivity contribution >= 4 is 17.5 Å². The Balaban J connectivity index is 2.21. The van der Waals surface area contributed by atoms with Crippen molar-refractivity contribution in [1.29, 1.82) is 0 Å². The van der Waals surface area contributed by atoms with Crippen LogP contribution in [0.15, 0.2) is 24.3 Å². The lowest BCUT2D eigenvalue weighted by Gasteiger charge is -2.06. The van der Waals surface area contributed by atoms with Gasteiger partial charge >= 0.3 is 6.09 Å². The minimum atomic E-state index is -0.580. The highest BCUT2D eigenvalue weighted by Crippen LogP contribution is 2.17.